The molecule has 0 amide bonds. The van der Waals surface area contributed by atoms with Crippen LogP contribution in [0.15, 0.2) is 24.3 Å². The van der Waals surface area contributed by atoms with Crippen LogP contribution in [0.4, 0.5) is 0 Å². The SMILES string of the molecule is CN1CCC2(CC1)CN(Cc1cccc(Cl)c1)CC2C(=O)O. The second-order valence-corrected chi connectivity index (χ2v) is 7.29. The zero-order valence-electron chi connectivity index (χ0n) is 13.0. The molecule has 2 fully saturated rings. The van der Waals surface area contributed by atoms with Crippen molar-refractivity contribution in [3.05, 3.63) is 34.9 Å². The Morgan fingerprint density at radius 2 is 2.14 bits per heavy atom. The number of piperidine rings is 1. The van der Waals surface area contributed by atoms with Crippen molar-refractivity contribution in [1.82, 2.24) is 9.80 Å². The van der Waals surface area contributed by atoms with Gasteiger partial charge in [-0.15, -0.1) is 0 Å². The van der Waals surface area contributed by atoms with E-state index in [2.05, 4.69) is 22.9 Å². The number of halogens is 1. The minimum Gasteiger partial charge on any atom is -0.481 e. The number of rotatable bonds is 3. The van der Waals surface area contributed by atoms with Crippen molar-refractivity contribution in [2.24, 2.45) is 11.3 Å². The molecule has 2 saturated heterocycles. The molecule has 1 spiro atoms. The van der Waals surface area contributed by atoms with E-state index in [-0.39, 0.29) is 11.3 Å². The van der Waals surface area contributed by atoms with Crippen LogP contribution in [0, 0.1) is 11.3 Å². The van der Waals surface area contributed by atoms with Crippen LogP contribution in [0.25, 0.3) is 0 Å². The van der Waals surface area contributed by atoms with E-state index < -0.39 is 5.97 Å². The summed E-state index contributed by atoms with van der Waals surface area (Å²) < 4.78 is 0. The zero-order valence-corrected chi connectivity index (χ0v) is 13.7. The Morgan fingerprint density at radius 3 is 2.77 bits per heavy atom. The van der Waals surface area contributed by atoms with E-state index in [1.54, 1.807) is 0 Å². The molecule has 1 atom stereocenters. The molecule has 2 aliphatic heterocycles. The molecule has 4 nitrogen and oxygen atoms in total. The molecular formula is C17H23ClN2O2. The molecule has 1 aromatic rings. The van der Waals surface area contributed by atoms with E-state index in [1.807, 2.05) is 18.2 Å². The van der Waals surface area contributed by atoms with Gasteiger partial charge in [-0.3, -0.25) is 9.69 Å². The molecule has 1 N–H and O–H groups in total. The lowest BCUT2D eigenvalue weighted by molar-refractivity contribution is -0.145. The molecule has 2 heterocycles. The smallest absolute Gasteiger partial charge is 0.308 e. The van der Waals surface area contributed by atoms with Gasteiger partial charge < -0.3 is 10.0 Å². The third-order valence-corrected chi connectivity index (χ3v) is 5.53. The van der Waals surface area contributed by atoms with Crippen molar-refractivity contribution in [2.75, 3.05) is 33.2 Å². The highest BCUT2D eigenvalue weighted by molar-refractivity contribution is 6.30. The van der Waals surface area contributed by atoms with Gasteiger partial charge in [0.2, 0.25) is 0 Å². The number of carboxylic acids is 1. The number of likely N-dealkylation sites (tertiary alicyclic amines) is 2. The van der Waals surface area contributed by atoms with Crippen molar-refractivity contribution >= 4 is 17.6 Å². The maximum absolute atomic E-state index is 11.7. The van der Waals surface area contributed by atoms with Crippen molar-refractivity contribution < 1.29 is 9.90 Å². The van der Waals surface area contributed by atoms with Gasteiger partial charge in [0, 0.05) is 30.1 Å². The fraction of sp³-hybridized carbons (Fsp3) is 0.588. The van der Waals surface area contributed by atoms with E-state index in [1.165, 1.54) is 0 Å². The zero-order chi connectivity index (χ0) is 15.7. The molecule has 1 aromatic carbocycles. The molecule has 5 heteroatoms. The summed E-state index contributed by atoms with van der Waals surface area (Å²) in [5, 5.41) is 10.4. The molecule has 0 bridgehead atoms. The fourth-order valence-electron chi connectivity index (χ4n) is 4.00. The van der Waals surface area contributed by atoms with Crippen molar-refractivity contribution in [2.45, 2.75) is 19.4 Å². The normalized spacial score (nSPS) is 25.6. The molecular weight excluding hydrogens is 300 g/mol. The first-order valence-electron chi connectivity index (χ1n) is 7.87. The van der Waals surface area contributed by atoms with Crippen molar-refractivity contribution in [3.63, 3.8) is 0 Å². The molecule has 0 saturated carbocycles. The lowest BCUT2D eigenvalue weighted by atomic mass is 9.71. The highest BCUT2D eigenvalue weighted by Crippen LogP contribution is 2.45. The summed E-state index contributed by atoms with van der Waals surface area (Å²) in [6.07, 6.45) is 1.96. The summed E-state index contributed by atoms with van der Waals surface area (Å²) in [6.45, 7) is 4.29. The maximum atomic E-state index is 11.7. The van der Waals surface area contributed by atoms with Crippen LogP contribution < -0.4 is 0 Å². The molecule has 1 unspecified atom stereocenters. The van der Waals surface area contributed by atoms with E-state index >= 15 is 0 Å². The average molecular weight is 323 g/mol. The number of benzene rings is 1. The second kappa shape index (κ2) is 6.19. The van der Waals surface area contributed by atoms with E-state index in [0.29, 0.717) is 6.54 Å². The van der Waals surface area contributed by atoms with Gasteiger partial charge in [0.1, 0.15) is 0 Å². The van der Waals surface area contributed by atoms with Crippen LogP contribution in [-0.2, 0) is 11.3 Å². The molecule has 22 heavy (non-hydrogen) atoms. The number of hydrogen-bond acceptors (Lipinski definition) is 3. The molecule has 3 rings (SSSR count). The summed E-state index contributed by atoms with van der Waals surface area (Å²) in [7, 11) is 2.11. The lowest BCUT2D eigenvalue weighted by Crippen LogP contribution is -2.44. The van der Waals surface area contributed by atoms with Crippen LogP contribution >= 0.6 is 11.6 Å². The van der Waals surface area contributed by atoms with Crippen LogP contribution in [0.5, 0.6) is 0 Å². The predicted octanol–water partition coefficient (Wildman–Crippen LogP) is 2.57. The first kappa shape index (κ1) is 15.8. The standard InChI is InChI=1S/C17H23ClN2O2/c1-19-7-5-17(6-8-19)12-20(11-15(17)16(21)22)10-13-3-2-4-14(18)9-13/h2-4,9,15H,5-8,10-12H2,1H3,(H,21,22). The summed E-state index contributed by atoms with van der Waals surface area (Å²) in [4.78, 5) is 16.3. The number of nitrogens with zero attached hydrogens (tertiary/aromatic N) is 2. The number of hydrogen-bond donors (Lipinski definition) is 1. The van der Waals surface area contributed by atoms with Crippen molar-refractivity contribution in [3.8, 4) is 0 Å². The number of carbonyl (C=O) groups is 1. The highest BCUT2D eigenvalue weighted by Gasteiger charge is 2.50. The average Bonchev–Trinajstić information content (AvgIpc) is 2.81. The lowest BCUT2D eigenvalue weighted by Gasteiger charge is -2.40. The van der Waals surface area contributed by atoms with Gasteiger partial charge in [-0.1, -0.05) is 23.7 Å². The van der Waals surface area contributed by atoms with E-state index in [9.17, 15) is 9.90 Å². The highest BCUT2D eigenvalue weighted by atomic mass is 35.5. The van der Waals surface area contributed by atoms with Gasteiger partial charge in [-0.05, 0) is 50.7 Å². The van der Waals surface area contributed by atoms with Gasteiger partial charge in [0.25, 0.3) is 0 Å². The van der Waals surface area contributed by atoms with Crippen LogP contribution in [0.3, 0.4) is 0 Å². The maximum Gasteiger partial charge on any atom is 0.308 e. The first-order valence-corrected chi connectivity index (χ1v) is 8.24. The Kier molecular flexibility index (Phi) is 4.44. The van der Waals surface area contributed by atoms with E-state index in [0.717, 1.165) is 49.6 Å². The molecule has 0 radical (unpaired) electrons. The van der Waals surface area contributed by atoms with Gasteiger partial charge in [0.15, 0.2) is 0 Å². The monoisotopic (exact) mass is 322 g/mol. The minimum absolute atomic E-state index is 0.0586. The molecule has 0 aromatic heterocycles. The largest absolute Gasteiger partial charge is 0.481 e. The van der Waals surface area contributed by atoms with E-state index in [4.69, 9.17) is 11.6 Å². The third-order valence-electron chi connectivity index (χ3n) is 5.29. The number of carboxylic acid groups (broad SMARTS) is 1. The van der Waals surface area contributed by atoms with Crippen molar-refractivity contribution in [1.29, 1.82) is 0 Å². The topological polar surface area (TPSA) is 43.8 Å². The summed E-state index contributed by atoms with van der Waals surface area (Å²) >= 11 is 6.05. The minimum atomic E-state index is -0.641. The fourth-order valence-corrected chi connectivity index (χ4v) is 4.21. The van der Waals surface area contributed by atoms with Crippen LogP contribution in [0.1, 0.15) is 18.4 Å². The molecule has 0 aliphatic carbocycles. The van der Waals surface area contributed by atoms with Gasteiger partial charge in [0.05, 0.1) is 5.92 Å². The first-order chi connectivity index (χ1) is 10.5. The van der Waals surface area contributed by atoms with Crippen LogP contribution in [-0.4, -0.2) is 54.1 Å². The Labute approximate surface area is 136 Å². The quantitative estimate of drug-likeness (QED) is 0.929. The molecule has 120 valence electrons. The Hall–Kier alpha value is -1.10. The molecule has 2 aliphatic rings. The Balaban J connectivity index is 1.74. The third kappa shape index (κ3) is 3.14. The Morgan fingerprint density at radius 1 is 1.41 bits per heavy atom. The predicted molar refractivity (Wildman–Crippen MR) is 87.0 cm³/mol. The van der Waals surface area contributed by atoms with Gasteiger partial charge in [-0.25, -0.2) is 0 Å². The summed E-state index contributed by atoms with van der Waals surface area (Å²) in [5.74, 6) is -0.890. The number of aliphatic carboxylic acids is 1. The van der Waals surface area contributed by atoms with Gasteiger partial charge >= 0.3 is 5.97 Å². The summed E-state index contributed by atoms with van der Waals surface area (Å²) in [5.41, 5.74) is 1.10. The Bertz CT molecular complexity index is 555. The summed E-state index contributed by atoms with van der Waals surface area (Å²) in [6, 6.07) is 7.85. The second-order valence-electron chi connectivity index (χ2n) is 6.86. The van der Waals surface area contributed by atoms with Gasteiger partial charge in [-0.2, -0.15) is 0 Å². The van der Waals surface area contributed by atoms with Crippen LogP contribution in [0.2, 0.25) is 5.02 Å².